The highest BCUT2D eigenvalue weighted by Gasteiger charge is 2.38. The van der Waals surface area contributed by atoms with Gasteiger partial charge in [0.05, 0.1) is 42.3 Å². The predicted octanol–water partition coefficient (Wildman–Crippen LogP) is 8.07. The molecular formula is C40H50N4O5. The van der Waals surface area contributed by atoms with E-state index in [1.807, 2.05) is 38.3 Å². The van der Waals surface area contributed by atoms with Gasteiger partial charge in [-0.05, 0) is 90.1 Å². The zero-order valence-electron chi connectivity index (χ0n) is 30.2. The monoisotopic (exact) mass is 666 g/mol. The minimum atomic E-state index is -0.986. The third-order valence-corrected chi connectivity index (χ3v) is 9.49. The highest BCUT2D eigenvalue weighted by atomic mass is 16.6. The fourth-order valence-electron chi connectivity index (χ4n) is 6.73. The van der Waals surface area contributed by atoms with Crippen LogP contribution in [0.5, 0.6) is 5.75 Å². The fraction of sp³-hybridized carbons (Fsp3) is 0.475. The Morgan fingerprint density at radius 3 is 2.55 bits per heavy atom. The maximum absolute atomic E-state index is 13.4. The summed E-state index contributed by atoms with van der Waals surface area (Å²) in [7, 11) is 1.39. The molecule has 1 saturated heterocycles. The van der Waals surface area contributed by atoms with Crippen LogP contribution in [0.1, 0.15) is 83.7 Å². The standard InChI is InChI=1S/C40H50N4O5/c1-9-28-16-17-33-31(23-28)29-14-12-15-30(24-29)32-25-34-41-27(3)35(36(38(45)46-8)49-39(4,5)6)37(44(34)42-32)43-20-18-40(7,19-21-43)47-22-11-10-13-26(2)48-33/h10-12,14-17,23-26,36H,9,13,18-22H2,1-8H3/t26?,36-/m0/s1. The minimum absolute atomic E-state index is 0.00784. The molecule has 5 heterocycles. The van der Waals surface area contributed by atoms with E-state index in [4.69, 9.17) is 29.0 Å². The summed E-state index contributed by atoms with van der Waals surface area (Å²) in [5.41, 5.74) is 6.24. The van der Waals surface area contributed by atoms with Gasteiger partial charge in [-0.25, -0.2) is 9.78 Å². The van der Waals surface area contributed by atoms with Crippen molar-refractivity contribution in [3.05, 3.63) is 77.5 Å². The second-order valence-electron chi connectivity index (χ2n) is 14.5. The third kappa shape index (κ3) is 7.53. The van der Waals surface area contributed by atoms with Gasteiger partial charge in [0.15, 0.2) is 11.8 Å². The second-order valence-corrected chi connectivity index (χ2v) is 14.5. The van der Waals surface area contributed by atoms with E-state index in [9.17, 15) is 4.79 Å². The minimum Gasteiger partial charge on any atom is -0.490 e. The summed E-state index contributed by atoms with van der Waals surface area (Å²) in [6.07, 6.45) is 6.57. The van der Waals surface area contributed by atoms with Crippen LogP contribution in [0.3, 0.4) is 0 Å². The molecule has 7 rings (SSSR count). The molecule has 0 spiro atoms. The summed E-state index contributed by atoms with van der Waals surface area (Å²) in [6.45, 7) is 16.2. The molecule has 3 aliphatic rings. The van der Waals surface area contributed by atoms with Gasteiger partial charge >= 0.3 is 5.97 Å². The maximum atomic E-state index is 13.4. The second kappa shape index (κ2) is 14.0. The molecule has 3 aliphatic heterocycles. The van der Waals surface area contributed by atoms with Crippen LogP contribution in [0.15, 0.2) is 60.7 Å². The first-order valence-corrected chi connectivity index (χ1v) is 17.5. The maximum Gasteiger partial charge on any atom is 0.339 e. The SMILES string of the molecule is CCc1ccc2c(c1)-c1cccc(c1)-c1cc3nc(C)c([C@H](OC(C)(C)C)C(=O)OC)c(n3n1)N1CCC(C)(CC1)OCC=CCC(C)O2. The molecule has 0 N–H and O–H groups in total. The van der Waals surface area contributed by atoms with E-state index in [2.05, 4.69) is 80.3 Å². The molecule has 0 aliphatic carbocycles. The first-order valence-electron chi connectivity index (χ1n) is 17.5. The quantitative estimate of drug-likeness (QED) is 0.160. The van der Waals surface area contributed by atoms with Crippen molar-refractivity contribution in [2.24, 2.45) is 0 Å². The van der Waals surface area contributed by atoms with Crippen LogP contribution in [-0.4, -0.2) is 64.7 Å². The number of benzene rings is 2. The Morgan fingerprint density at radius 2 is 1.84 bits per heavy atom. The summed E-state index contributed by atoms with van der Waals surface area (Å²) in [5, 5.41) is 5.19. The number of fused-ring (bicyclic) bond motifs is 7. The smallest absolute Gasteiger partial charge is 0.339 e. The normalized spacial score (nSPS) is 20.6. The molecular weight excluding hydrogens is 616 g/mol. The molecule has 9 nitrogen and oxygen atoms in total. The highest BCUT2D eigenvalue weighted by Crippen LogP contribution is 2.40. The Kier molecular flexibility index (Phi) is 9.87. The number of nitrogens with zero attached hydrogens (tertiary/aromatic N) is 4. The van der Waals surface area contributed by atoms with Crippen LogP contribution in [-0.2, 0) is 25.4 Å². The number of aromatic nitrogens is 3. The van der Waals surface area contributed by atoms with Gasteiger partial charge in [-0.2, -0.15) is 9.61 Å². The van der Waals surface area contributed by atoms with E-state index >= 15 is 0 Å². The van der Waals surface area contributed by atoms with Crippen LogP contribution in [0.2, 0.25) is 0 Å². The molecule has 49 heavy (non-hydrogen) atoms. The van der Waals surface area contributed by atoms with E-state index in [0.29, 0.717) is 36.6 Å². The summed E-state index contributed by atoms with van der Waals surface area (Å²) >= 11 is 0. The number of esters is 1. The van der Waals surface area contributed by atoms with Gasteiger partial charge < -0.3 is 23.8 Å². The summed E-state index contributed by atoms with van der Waals surface area (Å²) < 4.78 is 26.6. The molecule has 2 aromatic carbocycles. The molecule has 6 bridgehead atoms. The lowest BCUT2D eigenvalue weighted by molar-refractivity contribution is -0.164. The number of hydrogen-bond acceptors (Lipinski definition) is 8. The number of aryl methyl sites for hydroxylation is 2. The Labute approximate surface area is 290 Å². The number of piperidine rings is 1. The molecule has 1 unspecified atom stereocenters. The fourth-order valence-corrected chi connectivity index (χ4v) is 6.73. The molecule has 0 amide bonds. The van der Waals surface area contributed by atoms with E-state index in [1.54, 1.807) is 0 Å². The van der Waals surface area contributed by atoms with E-state index in [0.717, 1.165) is 59.6 Å². The number of carbonyl (C=O) groups is 1. The van der Waals surface area contributed by atoms with Crippen molar-refractivity contribution in [2.75, 3.05) is 31.7 Å². The number of ether oxygens (including phenoxy) is 4. The zero-order chi connectivity index (χ0) is 34.9. The molecule has 260 valence electrons. The molecule has 4 aromatic rings. The van der Waals surface area contributed by atoms with Crippen LogP contribution in [0.4, 0.5) is 5.82 Å². The van der Waals surface area contributed by atoms with E-state index in [1.165, 1.54) is 12.7 Å². The lowest BCUT2D eigenvalue weighted by atomic mass is 9.92. The summed E-state index contributed by atoms with van der Waals surface area (Å²) in [6, 6.07) is 16.9. The number of anilines is 1. The number of carbonyl (C=O) groups excluding carboxylic acids is 1. The molecule has 9 heteroatoms. The van der Waals surface area contributed by atoms with Crippen molar-refractivity contribution in [3.8, 4) is 28.1 Å². The average molecular weight is 667 g/mol. The van der Waals surface area contributed by atoms with Gasteiger partial charge in [0.25, 0.3) is 0 Å². The lowest BCUT2D eigenvalue weighted by Gasteiger charge is -2.41. The van der Waals surface area contributed by atoms with Gasteiger partial charge in [0, 0.05) is 42.4 Å². The molecule has 0 radical (unpaired) electrons. The Morgan fingerprint density at radius 1 is 1.08 bits per heavy atom. The Balaban J connectivity index is 1.55. The van der Waals surface area contributed by atoms with Crippen LogP contribution < -0.4 is 9.64 Å². The van der Waals surface area contributed by atoms with Gasteiger partial charge in [-0.1, -0.05) is 43.3 Å². The van der Waals surface area contributed by atoms with Crippen molar-refractivity contribution in [1.82, 2.24) is 14.6 Å². The number of rotatable bonds is 4. The van der Waals surface area contributed by atoms with Crippen LogP contribution >= 0.6 is 0 Å². The summed E-state index contributed by atoms with van der Waals surface area (Å²) in [4.78, 5) is 20.7. The van der Waals surface area contributed by atoms with Crippen molar-refractivity contribution in [3.63, 3.8) is 0 Å². The Hall–Kier alpha value is -4.21. The number of methoxy groups -OCH3 is 1. The molecule has 0 saturated carbocycles. The van der Waals surface area contributed by atoms with Gasteiger partial charge in [0.2, 0.25) is 0 Å². The number of hydrogen-bond donors (Lipinski definition) is 0. The van der Waals surface area contributed by atoms with Crippen molar-refractivity contribution in [1.29, 1.82) is 0 Å². The first kappa shape index (κ1) is 34.6. The lowest BCUT2D eigenvalue weighted by Crippen LogP contribution is -2.45. The van der Waals surface area contributed by atoms with Crippen LogP contribution in [0, 0.1) is 6.92 Å². The first-order chi connectivity index (χ1) is 23.4. The zero-order valence-corrected chi connectivity index (χ0v) is 30.2. The highest BCUT2D eigenvalue weighted by molar-refractivity contribution is 5.81. The van der Waals surface area contributed by atoms with Crippen molar-refractivity contribution in [2.45, 2.75) is 97.6 Å². The van der Waals surface area contributed by atoms with Gasteiger partial charge in [-0.15, -0.1) is 0 Å². The molecule has 1 fully saturated rings. The predicted molar refractivity (Wildman–Crippen MR) is 193 cm³/mol. The van der Waals surface area contributed by atoms with E-state index in [-0.39, 0.29) is 11.7 Å². The van der Waals surface area contributed by atoms with Gasteiger partial charge in [0.1, 0.15) is 11.6 Å². The topological polar surface area (TPSA) is 87.4 Å². The van der Waals surface area contributed by atoms with Gasteiger partial charge in [-0.3, -0.25) is 0 Å². The largest absolute Gasteiger partial charge is 0.490 e. The third-order valence-electron chi connectivity index (χ3n) is 9.49. The molecule has 2 atom stereocenters. The van der Waals surface area contributed by atoms with Crippen molar-refractivity contribution >= 4 is 17.4 Å². The van der Waals surface area contributed by atoms with Crippen molar-refractivity contribution < 1.29 is 23.7 Å². The Bertz CT molecular complexity index is 1850. The molecule has 2 aromatic heterocycles. The summed E-state index contributed by atoms with van der Waals surface area (Å²) in [5.74, 6) is 1.17. The van der Waals surface area contributed by atoms with E-state index < -0.39 is 17.7 Å². The average Bonchev–Trinajstić information content (AvgIpc) is 3.50. The van der Waals surface area contributed by atoms with Crippen LogP contribution in [0.25, 0.3) is 28.0 Å².